The van der Waals surface area contributed by atoms with Gasteiger partial charge in [-0.2, -0.15) is 0 Å². The Balaban J connectivity index is 2.09. The Morgan fingerprint density at radius 1 is 1.31 bits per heavy atom. The van der Waals surface area contributed by atoms with Crippen molar-refractivity contribution >= 4 is 5.91 Å². The lowest BCUT2D eigenvalue weighted by molar-refractivity contribution is -0.131. The highest BCUT2D eigenvalue weighted by Gasteiger charge is 2.15. The van der Waals surface area contributed by atoms with E-state index in [9.17, 15) is 4.79 Å². The van der Waals surface area contributed by atoms with Gasteiger partial charge < -0.3 is 10.2 Å². The molecule has 0 bridgehead atoms. The Labute approximate surface area is 99.6 Å². The third-order valence-electron chi connectivity index (χ3n) is 3.26. The maximum atomic E-state index is 11.8. The normalized spacial score (nSPS) is 18.5. The first-order chi connectivity index (χ1) is 7.74. The lowest BCUT2D eigenvalue weighted by Crippen LogP contribution is -2.41. The Morgan fingerprint density at radius 3 is 2.62 bits per heavy atom. The predicted molar refractivity (Wildman–Crippen MR) is 67.4 cm³/mol. The monoisotopic (exact) mass is 226 g/mol. The zero-order chi connectivity index (χ0) is 11.8. The van der Waals surface area contributed by atoms with Gasteiger partial charge in [-0.1, -0.05) is 20.3 Å². The summed E-state index contributed by atoms with van der Waals surface area (Å²) in [4.78, 5) is 13.8. The van der Waals surface area contributed by atoms with Gasteiger partial charge in [-0.25, -0.2) is 0 Å². The van der Waals surface area contributed by atoms with E-state index in [1.54, 1.807) is 0 Å². The average molecular weight is 226 g/mol. The molecule has 1 heterocycles. The molecule has 0 aromatic rings. The number of nitrogens with zero attached hydrogens (tertiary/aromatic N) is 1. The van der Waals surface area contributed by atoms with Gasteiger partial charge in [0.15, 0.2) is 0 Å². The molecule has 3 heteroatoms. The minimum atomic E-state index is 0.281. The summed E-state index contributed by atoms with van der Waals surface area (Å²) < 4.78 is 0. The zero-order valence-electron chi connectivity index (χ0n) is 10.8. The Hall–Kier alpha value is -0.570. The van der Waals surface area contributed by atoms with E-state index in [-0.39, 0.29) is 5.91 Å². The van der Waals surface area contributed by atoms with Crippen molar-refractivity contribution < 1.29 is 4.79 Å². The SMILES string of the molecule is CCCC(C)CNCC(=O)N1CCCCC1. The van der Waals surface area contributed by atoms with Crippen LogP contribution >= 0.6 is 0 Å². The molecule has 0 spiro atoms. The first kappa shape index (κ1) is 13.5. The van der Waals surface area contributed by atoms with E-state index in [0.29, 0.717) is 12.5 Å². The van der Waals surface area contributed by atoms with Gasteiger partial charge in [-0.3, -0.25) is 4.79 Å². The van der Waals surface area contributed by atoms with Crippen molar-refractivity contribution in [1.82, 2.24) is 10.2 Å². The number of hydrogen-bond donors (Lipinski definition) is 1. The third-order valence-corrected chi connectivity index (χ3v) is 3.26. The highest BCUT2D eigenvalue weighted by Crippen LogP contribution is 2.08. The summed E-state index contributed by atoms with van der Waals surface area (Å²) >= 11 is 0. The van der Waals surface area contributed by atoms with E-state index >= 15 is 0 Å². The zero-order valence-corrected chi connectivity index (χ0v) is 10.8. The number of likely N-dealkylation sites (tertiary alicyclic amines) is 1. The minimum absolute atomic E-state index is 0.281. The van der Waals surface area contributed by atoms with Gasteiger partial charge in [0.2, 0.25) is 5.91 Å². The molecule has 1 fully saturated rings. The molecule has 1 aliphatic heterocycles. The summed E-state index contributed by atoms with van der Waals surface area (Å²) in [7, 11) is 0. The molecule has 1 unspecified atom stereocenters. The van der Waals surface area contributed by atoms with Crippen LogP contribution in [-0.4, -0.2) is 37.0 Å². The van der Waals surface area contributed by atoms with Gasteiger partial charge in [-0.05, 0) is 38.1 Å². The van der Waals surface area contributed by atoms with Gasteiger partial charge in [0.1, 0.15) is 0 Å². The van der Waals surface area contributed by atoms with Crippen LogP contribution in [0.4, 0.5) is 0 Å². The lowest BCUT2D eigenvalue weighted by Gasteiger charge is -2.27. The first-order valence-corrected chi connectivity index (χ1v) is 6.72. The van der Waals surface area contributed by atoms with Crippen molar-refractivity contribution in [2.24, 2.45) is 5.92 Å². The number of nitrogens with one attached hydrogen (secondary N) is 1. The number of rotatable bonds is 6. The Kier molecular flexibility index (Phi) is 6.46. The Morgan fingerprint density at radius 2 is 2.00 bits per heavy atom. The molecular formula is C13H26N2O. The van der Waals surface area contributed by atoms with Gasteiger partial charge >= 0.3 is 0 Å². The second kappa shape index (κ2) is 7.66. The van der Waals surface area contributed by atoms with Gasteiger partial charge in [0.25, 0.3) is 0 Å². The van der Waals surface area contributed by atoms with Crippen LogP contribution in [0.1, 0.15) is 46.0 Å². The number of carbonyl (C=O) groups is 1. The van der Waals surface area contributed by atoms with Crippen molar-refractivity contribution in [3.05, 3.63) is 0 Å². The minimum Gasteiger partial charge on any atom is -0.342 e. The van der Waals surface area contributed by atoms with Crippen LogP contribution in [0.25, 0.3) is 0 Å². The van der Waals surface area contributed by atoms with Crippen molar-refractivity contribution in [1.29, 1.82) is 0 Å². The largest absolute Gasteiger partial charge is 0.342 e. The summed E-state index contributed by atoms with van der Waals surface area (Å²) in [6.45, 7) is 7.86. The molecule has 3 nitrogen and oxygen atoms in total. The van der Waals surface area contributed by atoms with Crippen LogP contribution in [-0.2, 0) is 4.79 Å². The lowest BCUT2D eigenvalue weighted by atomic mass is 10.1. The third kappa shape index (κ3) is 4.97. The summed E-state index contributed by atoms with van der Waals surface area (Å²) in [5.41, 5.74) is 0. The van der Waals surface area contributed by atoms with E-state index in [1.807, 2.05) is 4.90 Å². The first-order valence-electron chi connectivity index (χ1n) is 6.72. The summed E-state index contributed by atoms with van der Waals surface area (Å²) in [6.07, 6.45) is 6.11. The fourth-order valence-corrected chi connectivity index (χ4v) is 2.28. The van der Waals surface area contributed by atoms with E-state index in [0.717, 1.165) is 19.6 Å². The standard InChI is InChI=1S/C13H26N2O/c1-3-7-12(2)10-14-11-13(16)15-8-5-4-6-9-15/h12,14H,3-11H2,1-2H3. The molecule has 1 N–H and O–H groups in total. The number of piperidine rings is 1. The number of amides is 1. The quantitative estimate of drug-likeness (QED) is 0.751. The van der Waals surface area contributed by atoms with E-state index in [4.69, 9.17) is 0 Å². The molecule has 1 rings (SSSR count). The van der Waals surface area contributed by atoms with Gasteiger partial charge in [0.05, 0.1) is 6.54 Å². The van der Waals surface area contributed by atoms with Crippen molar-refractivity contribution in [3.8, 4) is 0 Å². The smallest absolute Gasteiger partial charge is 0.236 e. The summed E-state index contributed by atoms with van der Waals surface area (Å²) in [5, 5.41) is 3.28. The van der Waals surface area contributed by atoms with Crippen LogP contribution < -0.4 is 5.32 Å². The summed E-state index contributed by atoms with van der Waals surface area (Å²) in [5.74, 6) is 0.961. The summed E-state index contributed by atoms with van der Waals surface area (Å²) in [6, 6.07) is 0. The molecule has 0 aromatic heterocycles. The highest BCUT2D eigenvalue weighted by molar-refractivity contribution is 5.78. The Bertz CT molecular complexity index is 200. The molecule has 16 heavy (non-hydrogen) atoms. The molecule has 1 atom stereocenters. The second-order valence-corrected chi connectivity index (χ2v) is 4.97. The number of carbonyl (C=O) groups excluding carboxylic acids is 1. The molecular weight excluding hydrogens is 200 g/mol. The molecule has 1 aliphatic rings. The molecule has 0 aliphatic carbocycles. The van der Waals surface area contributed by atoms with E-state index in [2.05, 4.69) is 19.2 Å². The van der Waals surface area contributed by atoms with Crippen LogP contribution in [0.15, 0.2) is 0 Å². The molecule has 0 aromatic carbocycles. The topological polar surface area (TPSA) is 32.3 Å². The maximum Gasteiger partial charge on any atom is 0.236 e. The van der Waals surface area contributed by atoms with E-state index < -0.39 is 0 Å². The van der Waals surface area contributed by atoms with Crippen LogP contribution in [0.2, 0.25) is 0 Å². The van der Waals surface area contributed by atoms with E-state index in [1.165, 1.54) is 32.1 Å². The second-order valence-electron chi connectivity index (χ2n) is 4.97. The molecule has 1 amide bonds. The van der Waals surface area contributed by atoms with Crippen LogP contribution in [0.3, 0.4) is 0 Å². The fourth-order valence-electron chi connectivity index (χ4n) is 2.28. The van der Waals surface area contributed by atoms with Crippen molar-refractivity contribution in [2.75, 3.05) is 26.2 Å². The highest BCUT2D eigenvalue weighted by atomic mass is 16.2. The van der Waals surface area contributed by atoms with Crippen molar-refractivity contribution in [3.63, 3.8) is 0 Å². The number of hydrogen-bond acceptors (Lipinski definition) is 2. The molecule has 1 saturated heterocycles. The predicted octanol–water partition coefficient (Wildman–Crippen LogP) is 2.02. The molecule has 0 radical (unpaired) electrons. The molecule has 94 valence electrons. The van der Waals surface area contributed by atoms with Crippen LogP contribution in [0, 0.1) is 5.92 Å². The molecule has 0 saturated carbocycles. The fraction of sp³-hybridized carbons (Fsp3) is 0.923. The van der Waals surface area contributed by atoms with Gasteiger partial charge in [0, 0.05) is 13.1 Å². The van der Waals surface area contributed by atoms with Crippen LogP contribution in [0.5, 0.6) is 0 Å². The van der Waals surface area contributed by atoms with Crippen molar-refractivity contribution in [2.45, 2.75) is 46.0 Å². The van der Waals surface area contributed by atoms with Gasteiger partial charge in [-0.15, -0.1) is 0 Å². The maximum absolute atomic E-state index is 11.8. The average Bonchev–Trinajstić information content (AvgIpc) is 2.30.